The van der Waals surface area contributed by atoms with Crippen LogP contribution in [0.1, 0.15) is 22.5 Å². The molecule has 0 spiro atoms. The Morgan fingerprint density at radius 2 is 1.90 bits per heavy atom. The van der Waals surface area contributed by atoms with Crippen LogP contribution in [-0.4, -0.2) is 24.7 Å². The van der Waals surface area contributed by atoms with E-state index in [4.69, 9.17) is 0 Å². The van der Waals surface area contributed by atoms with Crippen LogP contribution in [0.5, 0.6) is 0 Å². The highest BCUT2D eigenvalue weighted by Crippen LogP contribution is 2.18. The summed E-state index contributed by atoms with van der Waals surface area (Å²) in [7, 11) is 0. The molecule has 0 aliphatic rings. The first-order valence-electron chi connectivity index (χ1n) is 9.39. The molecule has 0 aliphatic heterocycles. The maximum atomic E-state index is 12.0. The average Bonchev–Trinajstić information content (AvgIpc) is 3.17. The topological polar surface area (TPSA) is 88.5 Å². The Balaban J connectivity index is 1.52. The number of rotatable bonds is 5. The summed E-state index contributed by atoms with van der Waals surface area (Å²) >= 11 is 0. The number of hydrogen-bond donors (Lipinski definition) is 2. The minimum atomic E-state index is -0.125. The van der Waals surface area contributed by atoms with Gasteiger partial charge in [0.2, 0.25) is 0 Å². The van der Waals surface area contributed by atoms with Crippen molar-refractivity contribution in [2.75, 3.05) is 5.32 Å². The minimum Gasteiger partial charge on any atom is -0.366 e. The third-order valence-electron chi connectivity index (χ3n) is 4.85. The Labute approximate surface area is 168 Å². The third-order valence-corrected chi connectivity index (χ3v) is 4.85. The predicted molar refractivity (Wildman–Crippen MR) is 113 cm³/mol. The lowest BCUT2D eigenvalue weighted by Crippen LogP contribution is -2.14. The molecule has 146 valence electrons. The zero-order chi connectivity index (χ0) is 20.4. The van der Waals surface area contributed by atoms with E-state index in [0.29, 0.717) is 17.9 Å². The number of pyridine rings is 1. The van der Waals surface area contributed by atoms with E-state index < -0.39 is 0 Å². The highest BCUT2D eigenvalue weighted by Gasteiger charge is 2.08. The monoisotopic (exact) mass is 386 g/mol. The lowest BCUT2D eigenvalue weighted by Gasteiger charge is -2.11. The van der Waals surface area contributed by atoms with Crippen molar-refractivity contribution < 1.29 is 0 Å². The molecule has 0 bridgehead atoms. The lowest BCUT2D eigenvalue weighted by molar-refractivity contribution is 0.848. The summed E-state index contributed by atoms with van der Waals surface area (Å²) in [6.07, 6.45) is 3.66. The van der Waals surface area contributed by atoms with Crippen LogP contribution in [0.15, 0.2) is 59.7 Å². The fourth-order valence-corrected chi connectivity index (χ4v) is 3.04. The van der Waals surface area contributed by atoms with Crippen LogP contribution in [0.3, 0.4) is 0 Å². The Hall–Kier alpha value is -3.74. The van der Waals surface area contributed by atoms with E-state index in [1.807, 2.05) is 61.1 Å². The van der Waals surface area contributed by atoms with Crippen molar-refractivity contribution in [2.24, 2.45) is 0 Å². The minimum absolute atomic E-state index is 0.125. The predicted octanol–water partition coefficient (Wildman–Crippen LogP) is 3.55. The number of anilines is 1. The van der Waals surface area contributed by atoms with Gasteiger partial charge >= 0.3 is 0 Å². The molecule has 0 unspecified atom stereocenters. The van der Waals surface area contributed by atoms with E-state index in [1.165, 1.54) is 0 Å². The van der Waals surface area contributed by atoms with Crippen molar-refractivity contribution in [1.29, 1.82) is 0 Å². The van der Waals surface area contributed by atoms with Crippen LogP contribution in [0.25, 0.3) is 17.1 Å². The number of nitrogens with zero attached hydrogens (tertiary/aromatic N) is 4. The molecule has 0 saturated carbocycles. The van der Waals surface area contributed by atoms with Crippen LogP contribution in [0, 0.1) is 20.8 Å². The molecule has 2 N–H and O–H groups in total. The van der Waals surface area contributed by atoms with Crippen molar-refractivity contribution in [3.8, 4) is 17.1 Å². The molecule has 0 radical (unpaired) electrons. The first-order valence-corrected chi connectivity index (χ1v) is 9.39. The van der Waals surface area contributed by atoms with Crippen molar-refractivity contribution >= 4 is 5.82 Å². The second-order valence-electron chi connectivity index (χ2n) is 6.94. The Bertz CT molecular complexity index is 1210. The molecule has 1 aromatic carbocycles. The molecule has 7 nitrogen and oxygen atoms in total. The summed E-state index contributed by atoms with van der Waals surface area (Å²) in [5.41, 5.74) is 5.11. The molecule has 4 aromatic rings. The Morgan fingerprint density at radius 3 is 2.59 bits per heavy atom. The summed E-state index contributed by atoms with van der Waals surface area (Å²) in [5, 5.41) is 7.84. The largest absolute Gasteiger partial charge is 0.366 e. The van der Waals surface area contributed by atoms with Crippen molar-refractivity contribution in [3.63, 3.8) is 0 Å². The molecule has 0 amide bonds. The molecule has 0 fully saturated rings. The standard InChI is InChI=1S/C22H22N6O/c1-14-10-11-28(27-14)19-7-5-4-6-17(19)12-23-20-9-8-18(13-24-20)21-25-16(3)15(2)22(29)26-21/h4-11,13H,12H2,1-3H3,(H,23,24)(H,25,26,29). The molecule has 29 heavy (non-hydrogen) atoms. The maximum Gasteiger partial charge on any atom is 0.254 e. The second-order valence-corrected chi connectivity index (χ2v) is 6.94. The van der Waals surface area contributed by atoms with Gasteiger partial charge in [-0.1, -0.05) is 18.2 Å². The van der Waals surface area contributed by atoms with Gasteiger partial charge in [-0.2, -0.15) is 5.10 Å². The van der Waals surface area contributed by atoms with Gasteiger partial charge in [-0.25, -0.2) is 14.6 Å². The molecule has 0 atom stereocenters. The Morgan fingerprint density at radius 1 is 1.07 bits per heavy atom. The first kappa shape index (κ1) is 18.6. The van der Waals surface area contributed by atoms with Gasteiger partial charge in [-0.15, -0.1) is 0 Å². The van der Waals surface area contributed by atoms with Crippen LogP contribution >= 0.6 is 0 Å². The molecular weight excluding hydrogens is 364 g/mol. The van der Waals surface area contributed by atoms with Gasteiger partial charge in [0.25, 0.3) is 5.56 Å². The maximum absolute atomic E-state index is 12.0. The van der Waals surface area contributed by atoms with Crippen molar-refractivity contribution in [1.82, 2.24) is 24.7 Å². The first-order chi connectivity index (χ1) is 14.0. The van der Waals surface area contributed by atoms with Crippen molar-refractivity contribution in [2.45, 2.75) is 27.3 Å². The molecule has 0 saturated heterocycles. The summed E-state index contributed by atoms with van der Waals surface area (Å²) in [4.78, 5) is 23.7. The number of aryl methyl sites for hydroxylation is 2. The van der Waals surface area contributed by atoms with Gasteiger partial charge in [0.05, 0.1) is 11.4 Å². The van der Waals surface area contributed by atoms with Gasteiger partial charge in [-0.05, 0) is 50.6 Å². The summed E-state index contributed by atoms with van der Waals surface area (Å²) in [6, 6.07) is 13.9. The molecule has 4 rings (SSSR count). The third kappa shape index (κ3) is 3.94. The fourth-order valence-electron chi connectivity index (χ4n) is 3.04. The van der Waals surface area contributed by atoms with Gasteiger partial charge in [0.1, 0.15) is 11.6 Å². The van der Waals surface area contributed by atoms with E-state index in [-0.39, 0.29) is 5.56 Å². The van der Waals surface area contributed by atoms with E-state index in [9.17, 15) is 4.79 Å². The average molecular weight is 386 g/mol. The SMILES string of the molecule is Cc1ccn(-c2ccccc2CNc2ccc(-c3nc(C)c(C)c(=O)[nH]3)cn2)n1. The van der Waals surface area contributed by atoms with Crippen LogP contribution in [0.4, 0.5) is 5.82 Å². The highest BCUT2D eigenvalue weighted by atomic mass is 16.1. The second kappa shape index (κ2) is 7.71. The zero-order valence-corrected chi connectivity index (χ0v) is 16.6. The molecular formula is C22H22N6O. The molecule has 0 aliphatic carbocycles. The number of nitrogens with one attached hydrogen (secondary N) is 2. The number of hydrogen-bond acceptors (Lipinski definition) is 5. The number of H-pyrrole nitrogens is 1. The quantitative estimate of drug-likeness (QED) is 0.548. The van der Waals surface area contributed by atoms with Gasteiger partial charge in [0, 0.05) is 35.8 Å². The van der Waals surface area contributed by atoms with Crippen LogP contribution in [-0.2, 0) is 6.54 Å². The molecule has 3 heterocycles. The summed E-state index contributed by atoms with van der Waals surface area (Å²) in [5.74, 6) is 1.27. The number of benzene rings is 1. The van der Waals surface area contributed by atoms with E-state index >= 15 is 0 Å². The van der Waals surface area contributed by atoms with Gasteiger partial charge < -0.3 is 10.3 Å². The van der Waals surface area contributed by atoms with E-state index in [2.05, 4.69) is 31.4 Å². The van der Waals surface area contributed by atoms with Crippen LogP contribution < -0.4 is 10.9 Å². The number of para-hydroxylation sites is 1. The smallest absolute Gasteiger partial charge is 0.254 e. The van der Waals surface area contributed by atoms with Crippen molar-refractivity contribution in [3.05, 3.63) is 87.7 Å². The molecule has 3 aromatic heterocycles. The van der Waals surface area contributed by atoms with Crippen LogP contribution in [0.2, 0.25) is 0 Å². The van der Waals surface area contributed by atoms with Gasteiger partial charge in [0.15, 0.2) is 0 Å². The lowest BCUT2D eigenvalue weighted by atomic mass is 10.1. The van der Waals surface area contributed by atoms with E-state index in [0.717, 1.165) is 34.0 Å². The van der Waals surface area contributed by atoms with Gasteiger partial charge in [-0.3, -0.25) is 4.79 Å². The zero-order valence-electron chi connectivity index (χ0n) is 16.6. The number of aromatic amines is 1. The highest BCUT2D eigenvalue weighted by molar-refractivity contribution is 5.56. The summed E-state index contributed by atoms with van der Waals surface area (Å²) < 4.78 is 1.88. The fraction of sp³-hybridized carbons (Fsp3) is 0.182. The normalized spacial score (nSPS) is 10.9. The number of aromatic nitrogens is 5. The molecule has 7 heteroatoms. The Kier molecular flexibility index (Phi) is 4.95. The summed E-state index contributed by atoms with van der Waals surface area (Å²) in [6.45, 7) is 6.18. The van der Waals surface area contributed by atoms with E-state index in [1.54, 1.807) is 13.1 Å².